The maximum atomic E-state index is 12.6. The third-order valence-electron chi connectivity index (χ3n) is 3.48. The second-order valence-corrected chi connectivity index (χ2v) is 6.36. The summed E-state index contributed by atoms with van der Waals surface area (Å²) < 4.78 is 0. The van der Waals surface area contributed by atoms with Gasteiger partial charge in [-0.05, 0) is 42.7 Å². The summed E-state index contributed by atoms with van der Waals surface area (Å²) in [5.41, 5.74) is 3.70. The first-order valence-electron chi connectivity index (χ1n) is 7.22. The molecular weight excluding hydrogens is 310 g/mol. The Balaban J connectivity index is 2.18. The number of carboxylic acids is 1. The third kappa shape index (κ3) is 4.86. The van der Waals surface area contributed by atoms with Crippen molar-refractivity contribution in [2.45, 2.75) is 19.1 Å². The fourth-order valence-corrected chi connectivity index (χ4v) is 2.99. The van der Waals surface area contributed by atoms with Gasteiger partial charge in [-0.2, -0.15) is 0 Å². The summed E-state index contributed by atoms with van der Waals surface area (Å²) in [5, 5.41) is 13.0. The molecule has 0 bridgehead atoms. The molecule has 2 aromatic carbocycles. The minimum Gasteiger partial charge on any atom is -0.549 e. The van der Waals surface area contributed by atoms with E-state index in [1.165, 1.54) is 0 Å². The lowest BCUT2D eigenvalue weighted by Crippen LogP contribution is -2.27. The van der Waals surface area contributed by atoms with Gasteiger partial charge in [0.2, 0.25) is 5.91 Å². The number of hydrogen-bond acceptors (Lipinski definition) is 4. The van der Waals surface area contributed by atoms with Crippen LogP contribution in [0.4, 0.5) is 5.69 Å². The number of carbonyl (C=O) groups excluding carboxylic acids is 2. The zero-order chi connectivity index (χ0) is 16.8. The van der Waals surface area contributed by atoms with E-state index >= 15 is 0 Å². The van der Waals surface area contributed by atoms with Crippen LogP contribution in [0.3, 0.4) is 0 Å². The molecule has 1 amide bonds. The van der Waals surface area contributed by atoms with E-state index < -0.39 is 11.2 Å². The van der Waals surface area contributed by atoms with Crippen molar-refractivity contribution in [2.24, 2.45) is 0 Å². The molecule has 0 saturated carbocycles. The van der Waals surface area contributed by atoms with Gasteiger partial charge in [0.05, 0.1) is 5.97 Å². The summed E-state index contributed by atoms with van der Waals surface area (Å²) in [6.07, 6.45) is 0. The first kappa shape index (κ1) is 17.1. The number of rotatable bonds is 6. The van der Waals surface area contributed by atoms with Gasteiger partial charge in [0.25, 0.3) is 0 Å². The van der Waals surface area contributed by atoms with Crippen molar-refractivity contribution in [1.29, 1.82) is 0 Å². The van der Waals surface area contributed by atoms with E-state index in [-0.39, 0.29) is 11.7 Å². The molecule has 0 aromatic heterocycles. The number of hydrogen-bond donors (Lipinski definition) is 1. The highest BCUT2D eigenvalue weighted by Crippen LogP contribution is 2.30. The van der Waals surface area contributed by atoms with Gasteiger partial charge in [-0.1, -0.05) is 36.4 Å². The van der Waals surface area contributed by atoms with Crippen LogP contribution in [0.1, 0.15) is 21.9 Å². The maximum Gasteiger partial charge on any atom is 0.242 e. The highest BCUT2D eigenvalue weighted by atomic mass is 32.2. The first-order valence-corrected chi connectivity index (χ1v) is 8.27. The van der Waals surface area contributed by atoms with Gasteiger partial charge in [0.1, 0.15) is 5.25 Å². The summed E-state index contributed by atoms with van der Waals surface area (Å²) in [6.45, 7) is 3.98. The van der Waals surface area contributed by atoms with Crippen molar-refractivity contribution in [3.8, 4) is 0 Å². The summed E-state index contributed by atoms with van der Waals surface area (Å²) >= 11 is 1.04. The van der Waals surface area contributed by atoms with E-state index in [1.807, 2.05) is 62.4 Å². The number of anilines is 1. The van der Waals surface area contributed by atoms with E-state index in [0.717, 1.165) is 28.5 Å². The van der Waals surface area contributed by atoms with Crippen LogP contribution in [-0.2, 0) is 9.59 Å². The minimum atomic E-state index is -1.19. The van der Waals surface area contributed by atoms with Crippen LogP contribution < -0.4 is 10.4 Å². The monoisotopic (exact) mass is 328 g/mol. The van der Waals surface area contributed by atoms with Crippen molar-refractivity contribution < 1.29 is 14.7 Å². The Kier molecular flexibility index (Phi) is 5.82. The Morgan fingerprint density at radius 1 is 1.09 bits per heavy atom. The Labute approximate surface area is 139 Å². The standard InChI is InChI=1S/C18H19NO3S/c1-12-8-9-15(10-13(12)2)19-18(22)17(23-11-16(20)21)14-6-4-3-5-7-14/h3-10,17H,11H2,1-2H3,(H,19,22)(H,20,21)/p-1/t17-/m0/s1. The van der Waals surface area contributed by atoms with Gasteiger partial charge in [0.15, 0.2) is 0 Å². The number of benzene rings is 2. The van der Waals surface area contributed by atoms with Gasteiger partial charge >= 0.3 is 0 Å². The smallest absolute Gasteiger partial charge is 0.242 e. The molecule has 0 aliphatic rings. The van der Waals surface area contributed by atoms with Crippen LogP contribution in [0.5, 0.6) is 0 Å². The van der Waals surface area contributed by atoms with Crippen molar-refractivity contribution in [2.75, 3.05) is 11.1 Å². The Hall–Kier alpha value is -2.27. The molecule has 5 heteroatoms. The number of aryl methyl sites for hydroxylation is 2. The molecule has 0 unspecified atom stereocenters. The molecule has 2 rings (SSSR count). The topological polar surface area (TPSA) is 69.2 Å². The van der Waals surface area contributed by atoms with Gasteiger partial charge < -0.3 is 15.2 Å². The summed E-state index contributed by atoms with van der Waals surface area (Å²) in [6, 6.07) is 14.8. The minimum absolute atomic E-state index is 0.236. The van der Waals surface area contributed by atoms with Gasteiger partial charge in [-0.25, -0.2) is 0 Å². The molecule has 1 atom stereocenters. The zero-order valence-electron chi connectivity index (χ0n) is 13.0. The summed E-state index contributed by atoms with van der Waals surface area (Å²) in [5.74, 6) is -1.67. The van der Waals surface area contributed by atoms with Crippen molar-refractivity contribution in [1.82, 2.24) is 0 Å². The summed E-state index contributed by atoms with van der Waals surface area (Å²) in [4.78, 5) is 23.3. The van der Waals surface area contributed by atoms with E-state index in [9.17, 15) is 14.7 Å². The average molecular weight is 328 g/mol. The predicted octanol–water partition coefficient (Wildman–Crippen LogP) is 2.47. The highest BCUT2D eigenvalue weighted by molar-refractivity contribution is 8.00. The Bertz CT molecular complexity index is 701. The summed E-state index contributed by atoms with van der Waals surface area (Å²) in [7, 11) is 0. The highest BCUT2D eigenvalue weighted by Gasteiger charge is 2.21. The molecule has 1 N–H and O–H groups in total. The van der Waals surface area contributed by atoms with Crippen LogP contribution in [0.25, 0.3) is 0 Å². The molecule has 2 aromatic rings. The molecule has 0 heterocycles. The Morgan fingerprint density at radius 3 is 2.39 bits per heavy atom. The SMILES string of the molecule is Cc1ccc(NC(=O)[C@@H](SCC(=O)[O-])c2ccccc2)cc1C. The van der Waals surface area contributed by atoms with Crippen molar-refractivity contribution in [3.05, 3.63) is 65.2 Å². The number of nitrogens with one attached hydrogen (secondary N) is 1. The molecule has 0 spiro atoms. The predicted molar refractivity (Wildman–Crippen MR) is 91.2 cm³/mol. The van der Waals surface area contributed by atoms with Crippen molar-refractivity contribution >= 4 is 29.3 Å². The van der Waals surface area contributed by atoms with Crippen LogP contribution in [0.2, 0.25) is 0 Å². The number of carboxylic acid groups (broad SMARTS) is 1. The number of aliphatic carboxylic acids is 1. The van der Waals surface area contributed by atoms with Gasteiger partial charge in [0, 0.05) is 11.4 Å². The molecule has 4 nitrogen and oxygen atoms in total. The van der Waals surface area contributed by atoms with E-state index in [2.05, 4.69) is 5.32 Å². The molecular formula is C18H18NO3S-. The molecule has 0 aliphatic heterocycles. The molecule has 0 fully saturated rings. The lowest BCUT2D eigenvalue weighted by molar-refractivity contribution is -0.301. The zero-order valence-corrected chi connectivity index (χ0v) is 13.9. The number of amides is 1. The van der Waals surface area contributed by atoms with E-state index in [1.54, 1.807) is 0 Å². The fourth-order valence-electron chi connectivity index (χ4n) is 2.13. The lowest BCUT2D eigenvalue weighted by atomic mass is 10.1. The molecule has 0 radical (unpaired) electrons. The van der Waals surface area contributed by atoms with Crippen LogP contribution in [0, 0.1) is 13.8 Å². The Morgan fingerprint density at radius 2 is 1.78 bits per heavy atom. The molecule has 0 aliphatic carbocycles. The van der Waals surface area contributed by atoms with E-state index in [0.29, 0.717) is 5.69 Å². The van der Waals surface area contributed by atoms with Crippen molar-refractivity contribution in [3.63, 3.8) is 0 Å². The van der Waals surface area contributed by atoms with Gasteiger partial charge in [-0.15, -0.1) is 11.8 Å². The largest absolute Gasteiger partial charge is 0.549 e. The molecule has 120 valence electrons. The first-order chi connectivity index (χ1) is 11.0. The van der Waals surface area contributed by atoms with Crippen LogP contribution >= 0.6 is 11.8 Å². The quantitative estimate of drug-likeness (QED) is 0.884. The third-order valence-corrected chi connectivity index (χ3v) is 4.70. The lowest BCUT2D eigenvalue weighted by Gasteiger charge is -2.17. The van der Waals surface area contributed by atoms with Gasteiger partial charge in [-0.3, -0.25) is 4.79 Å². The van der Waals surface area contributed by atoms with Crippen LogP contribution in [0.15, 0.2) is 48.5 Å². The molecule has 23 heavy (non-hydrogen) atoms. The number of thioether (sulfide) groups is 1. The fraction of sp³-hybridized carbons (Fsp3) is 0.222. The van der Waals surface area contributed by atoms with E-state index in [4.69, 9.17) is 0 Å². The normalized spacial score (nSPS) is 11.7. The maximum absolute atomic E-state index is 12.6. The van der Waals surface area contributed by atoms with Crippen LogP contribution in [-0.4, -0.2) is 17.6 Å². The number of carbonyl (C=O) groups is 2. The molecule has 0 saturated heterocycles. The second kappa shape index (κ2) is 7.83. The average Bonchev–Trinajstić information content (AvgIpc) is 2.52. The second-order valence-electron chi connectivity index (χ2n) is 5.26.